The normalized spacial score (nSPS) is 13.4. The molecule has 4 heteroatoms. The van der Waals surface area contributed by atoms with Gasteiger partial charge in [0.15, 0.2) is 5.82 Å². The van der Waals surface area contributed by atoms with Gasteiger partial charge in [0, 0.05) is 37.6 Å². The van der Waals surface area contributed by atoms with Crippen LogP contribution in [0.5, 0.6) is 0 Å². The molecule has 1 N–H and O–H groups in total. The quantitative estimate of drug-likeness (QED) is 0.873. The molecule has 0 spiro atoms. The van der Waals surface area contributed by atoms with Crippen LogP contribution in [-0.2, 0) is 0 Å². The van der Waals surface area contributed by atoms with E-state index in [9.17, 15) is 0 Å². The van der Waals surface area contributed by atoms with Gasteiger partial charge in [0.25, 0.3) is 0 Å². The molecule has 0 amide bonds. The van der Waals surface area contributed by atoms with Crippen LogP contribution in [0.4, 0.5) is 22.9 Å². The van der Waals surface area contributed by atoms with Crippen molar-refractivity contribution in [2.45, 2.75) is 41.5 Å². The highest BCUT2D eigenvalue weighted by atomic mass is 15.3. The minimum Gasteiger partial charge on any atom is -0.379 e. The number of hydrogen-bond donors (Lipinski definition) is 1. The second kappa shape index (κ2) is 6.95. The van der Waals surface area contributed by atoms with E-state index in [4.69, 9.17) is 4.98 Å². The average molecular weight is 338 g/mol. The summed E-state index contributed by atoms with van der Waals surface area (Å²) in [5.74, 6) is 1.06. The van der Waals surface area contributed by atoms with Gasteiger partial charge < -0.3 is 15.1 Å². The van der Waals surface area contributed by atoms with Gasteiger partial charge >= 0.3 is 0 Å². The van der Waals surface area contributed by atoms with E-state index < -0.39 is 0 Å². The van der Waals surface area contributed by atoms with Crippen molar-refractivity contribution in [1.29, 1.82) is 0 Å². The Bertz CT molecular complexity index is 755. The molecular weight excluding hydrogens is 308 g/mol. The zero-order valence-electron chi connectivity index (χ0n) is 16.4. The Kier molecular flexibility index (Phi) is 4.89. The molecule has 0 aliphatic carbocycles. The van der Waals surface area contributed by atoms with Gasteiger partial charge in [-0.05, 0) is 58.7 Å². The number of aryl methyl sites for hydroxylation is 4. The maximum Gasteiger partial charge on any atom is 0.158 e. The Labute approximate surface area is 151 Å². The Morgan fingerprint density at radius 2 is 1.68 bits per heavy atom. The molecule has 0 saturated heterocycles. The van der Waals surface area contributed by atoms with Crippen LogP contribution < -0.4 is 15.1 Å². The molecule has 2 heterocycles. The molecule has 4 nitrogen and oxygen atoms in total. The van der Waals surface area contributed by atoms with Gasteiger partial charge in [-0.3, -0.25) is 0 Å². The van der Waals surface area contributed by atoms with Crippen LogP contribution in [0.1, 0.15) is 36.2 Å². The number of fused-ring (bicyclic) bond motifs is 1. The zero-order valence-corrected chi connectivity index (χ0v) is 16.4. The van der Waals surface area contributed by atoms with Crippen molar-refractivity contribution in [2.24, 2.45) is 0 Å². The van der Waals surface area contributed by atoms with Crippen LogP contribution in [0, 0.1) is 27.7 Å². The largest absolute Gasteiger partial charge is 0.379 e. The number of hydrogen-bond acceptors (Lipinski definition) is 4. The molecule has 0 radical (unpaired) electrons. The lowest BCUT2D eigenvalue weighted by Gasteiger charge is -2.36. The molecule has 1 aliphatic rings. The first-order chi connectivity index (χ1) is 12.0. The van der Waals surface area contributed by atoms with E-state index in [2.05, 4.69) is 74.9 Å². The molecule has 134 valence electrons. The highest BCUT2D eigenvalue weighted by molar-refractivity contribution is 5.87. The number of anilines is 4. The highest BCUT2D eigenvalue weighted by Gasteiger charge is 2.26. The van der Waals surface area contributed by atoms with Crippen molar-refractivity contribution in [3.8, 4) is 0 Å². The number of pyridine rings is 1. The molecular formula is C21H30N4. The van der Waals surface area contributed by atoms with E-state index in [0.29, 0.717) is 0 Å². The fourth-order valence-corrected chi connectivity index (χ4v) is 4.03. The Hall–Kier alpha value is -2.23. The molecule has 1 aliphatic heterocycles. The molecule has 0 saturated carbocycles. The molecule has 0 fully saturated rings. The van der Waals surface area contributed by atoms with Crippen molar-refractivity contribution in [1.82, 2.24) is 4.98 Å². The van der Waals surface area contributed by atoms with E-state index >= 15 is 0 Å². The second-order valence-electron chi connectivity index (χ2n) is 6.98. The van der Waals surface area contributed by atoms with E-state index in [1.165, 1.54) is 33.8 Å². The summed E-state index contributed by atoms with van der Waals surface area (Å²) in [6, 6.07) is 6.74. The standard InChI is InChI=1S/C21H30N4/c1-7-24(8-2)18-13-17(6)23-21-19(18)22-9-10-25(21)20-15(4)11-14(3)12-16(20)5/h11-13,22H,7-10H2,1-6H3. The average Bonchev–Trinajstić information content (AvgIpc) is 2.55. The summed E-state index contributed by atoms with van der Waals surface area (Å²) < 4.78 is 0. The number of nitrogens with zero attached hydrogens (tertiary/aromatic N) is 3. The maximum absolute atomic E-state index is 4.92. The summed E-state index contributed by atoms with van der Waals surface area (Å²) in [6.45, 7) is 16.9. The summed E-state index contributed by atoms with van der Waals surface area (Å²) in [4.78, 5) is 9.72. The second-order valence-corrected chi connectivity index (χ2v) is 6.98. The molecule has 1 aromatic carbocycles. The summed E-state index contributed by atoms with van der Waals surface area (Å²) in [7, 11) is 0. The lowest BCUT2D eigenvalue weighted by molar-refractivity contribution is 0.845. The Balaban J connectivity index is 2.18. The lowest BCUT2D eigenvalue weighted by Crippen LogP contribution is -2.34. The molecule has 0 atom stereocenters. The maximum atomic E-state index is 4.92. The van der Waals surface area contributed by atoms with E-state index in [-0.39, 0.29) is 0 Å². The SMILES string of the molecule is CCN(CC)c1cc(C)nc2c1NCCN2c1c(C)cc(C)cc1C. The van der Waals surface area contributed by atoms with Crippen molar-refractivity contribution in [2.75, 3.05) is 41.3 Å². The van der Waals surface area contributed by atoms with Crippen LogP contribution in [0.25, 0.3) is 0 Å². The van der Waals surface area contributed by atoms with Gasteiger partial charge in [0.05, 0.1) is 5.69 Å². The molecule has 3 rings (SSSR count). The third-order valence-corrected chi connectivity index (χ3v) is 5.01. The molecule has 0 unspecified atom stereocenters. The fourth-order valence-electron chi connectivity index (χ4n) is 4.03. The monoisotopic (exact) mass is 338 g/mol. The van der Waals surface area contributed by atoms with Gasteiger partial charge in [-0.1, -0.05) is 17.7 Å². The van der Waals surface area contributed by atoms with Gasteiger partial charge in [0.1, 0.15) is 5.69 Å². The minimum absolute atomic E-state index is 0.929. The highest BCUT2D eigenvalue weighted by Crippen LogP contribution is 2.42. The first kappa shape index (κ1) is 17.6. The molecule has 2 aromatic rings. The first-order valence-electron chi connectivity index (χ1n) is 9.32. The predicted octanol–water partition coefficient (Wildman–Crippen LogP) is 4.73. The van der Waals surface area contributed by atoms with Crippen molar-refractivity contribution in [3.63, 3.8) is 0 Å². The third-order valence-electron chi connectivity index (χ3n) is 5.01. The van der Waals surface area contributed by atoms with Crippen molar-refractivity contribution in [3.05, 3.63) is 40.6 Å². The summed E-state index contributed by atoms with van der Waals surface area (Å²) in [5.41, 5.74) is 8.75. The Morgan fingerprint density at radius 3 is 2.28 bits per heavy atom. The van der Waals surface area contributed by atoms with Crippen LogP contribution in [-0.4, -0.2) is 31.2 Å². The minimum atomic E-state index is 0.929. The van der Waals surface area contributed by atoms with Crippen LogP contribution in [0.15, 0.2) is 18.2 Å². The number of aromatic nitrogens is 1. The van der Waals surface area contributed by atoms with Gasteiger partial charge in [-0.2, -0.15) is 0 Å². The summed E-state index contributed by atoms with van der Waals surface area (Å²) >= 11 is 0. The van der Waals surface area contributed by atoms with Gasteiger partial charge in [-0.15, -0.1) is 0 Å². The van der Waals surface area contributed by atoms with Crippen LogP contribution >= 0.6 is 0 Å². The summed E-state index contributed by atoms with van der Waals surface area (Å²) in [5, 5.41) is 3.61. The van der Waals surface area contributed by atoms with Gasteiger partial charge in [-0.25, -0.2) is 4.98 Å². The van der Waals surface area contributed by atoms with Gasteiger partial charge in [0.2, 0.25) is 0 Å². The molecule has 1 aromatic heterocycles. The number of rotatable bonds is 4. The fraction of sp³-hybridized carbons (Fsp3) is 0.476. The number of nitrogens with one attached hydrogen (secondary N) is 1. The molecule has 25 heavy (non-hydrogen) atoms. The Morgan fingerprint density at radius 1 is 1.04 bits per heavy atom. The van der Waals surface area contributed by atoms with Crippen LogP contribution in [0.2, 0.25) is 0 Å². The van der Waals surface area contributed by atoms with Crippen LogP contribution in [0.3, 0.4) is 0 Å². The third kappa shape index (κ3) is 3.17. The summed E-state index contributed by atoms with van der Waals surface area (Å²) in [6.07, 6.45) is 0. The topological polar surface area (TPSA) is 31.4 Å². The molecule has 0 bridgehead atoms. The van der Waals surface area contributed by atoms with E-state index in [1.54, 1.807) is 0 Å². The zero-order chi connectivity index (χ0) is 18.1. The predicted molar refractivity (Wildman–Crippen MR) is 109 cm³/mol. The van der Waals surface area contributed by atoms with E-state index in [0.717, 1.165) is 37.7 Å². The van der Waals surface area contributed by atoms with Crippen molar-refractivity contribution < 1.29 is 0 Å². The first-order valence-corrected chi connectivity index (χ1v) is 9.32. The van der Waals surface area contributed by atoms with Crippen molar-refractivity contribution >= 4 is 22.9 Å². The number of benzene rings is 1. The lowest BCUT2D eigenvalue weighted by atomic mass is 10.0. The smallest absolute Gasteiger partial charge is 0.158 e. The van der Waals surface area contributed by atoms with E-state index in [1.807, 2.05) is 0 Å².